The fourth-order valence-electron chi connectivity index (χ4n) is 3.19. The van der Waals surface area contributed by atoms with Crippen LogP contribution in [0.25, 0.3) is 44.6 Å². The maximum absolute atomic E-state index is 12.3. The van der Waals surface area contributed by atoms with Crippen molar-refractivity contribution in [1.29, 1.82) is 0 Å². The van der Waals surface area contributed by atoms with Gasteiger partial charge in [0.2, 0.25) is 5.89 Å². The highest BCUT2D eigenvalue weighted by Gasteiger charge is 2.17. The van der Waals surface area contributed by atoms with Gasteiger partial charge < -0.3 is 9.40 Å². The van der Waals surface area contributed by atoms with E-state index >= 15 is 0 Å². The molecule has 0 radical (unpaired) electrons. The summed E-state index contributed by atoms with van der Waals surface area (Å²) >= 11 is 0. The topological polar surface area (TPSA) is 84.7 Å². The Morgan fingerprint density at radius 1 is 1.07 bits per heavy atom. The average Bonchev–Trinajstić information content (AvgIpc) is 3.13. The second kappa shape index (κ2) is 5.88. The number of benzene rings is 1. The van der Waals surface area contributed by atoms with E-state index in [1.807, 2.05) is 43.3 Å². The van der Waals surface area contributed by atoms with E-state index in [2.05, 4.69) is 19.9 Å². The molecule has 1 N–H and O–H groups in total. The first kappa shape index (κ1) is 15.5. The molecule has 0 aliphatic heterocycles. The third kappa shape index (κ3) is 2.58. The number of aromatic amines is 1. The first-order valence-electron chi connectivity index (χ1n) is 8.49. The third-order valence-electron chi connectivity index (χ3n) is 4.48. The molecule has 0 saturated heterocycles. The fourth-order valence-corrected chi connectivity index (χ4v) is 3.19. The van der Waals surface area contributed by atoms with Crippen LogP contribution in [0.5, 0.6) is 0 Å². The number of pyridine rings is 3. The largest absolute Gasteiger partial charge is 0.440 e. The predicted molar refractivity (Wildman–Crippen MR) is 103 cm³/mol. The SMILES string of the molecule is Cc1cnc(-c2nc3[nH]ccc(=O)c3cc2-c2ccc3ncccc3c2)o1. The average molecular weight is 354 g/mol. The van der Waals surface area contributed by atoms with Crippen molar-refractivity contribution in [3.63, 3.8) is 0 Å². The van der Waals surface area contributed by atoms with Gasteiger partial charge in [0.1, 0.15) is 17.1 Å². The van der Waals surface area contributed by atoms with Crippen molar-refractivity contribution in [3.05, 3.63) is 77.0 Å². The summed E-state index contributed by atoms with van der Waals surface area (Å²) in [4.78, 5) is 28.7. The van der Waals surface area contributed by atoms with Crippen LogP contribution in [-0.4, -0.2) is 19.9 Å². The summed E-state index contributed by atoms with van der Waals surface area (Å²) in [6, 6.07) is 13.2. The number of hydrogen-bond donors (Lipinski definition) is 1. The van der Waals surface area contributed by atoms with Crippen molar-refractivity contribution in [1.82, 2.24) is 19.9 Å². The summed E-state index contributed by atoms with van der Waals surface area (Å²) < 4.78 is 5.72. The Hall–Kier alpha value is -3.80. The molecule has 130 valence electrons. The Labute approximate surface area is 153 Å². The lowest BCUT2D eigenvalue weighted by Gasteiger charge is -2.09. The zero-order valence-electron chi connectivity index (χ0n) is 14.4. The molecule has 0 aliphatic rings. The van der Waals surface area contributed by atoms with Crippen molar-refractivity contribution < 1.29 is 4.42 Å². The van der Waals surface area contributed by atoms with E-state index in [1.165, 1.54) is 6.07 Å². The van der Waals surface area contributed by atoms with Gasteiger partial charge in [-0.15, -0.1) is 0 Å². The normalized spacial score (nSPS) is 11.3. The molecular formula is C21H14N4O2. The fraction of sp³-hybridized carbons (Fsp3) is 0.0476. The molecule has 0 bridgehead atoms. The van der Waals surface area contributed by atoms with Gasteiger partial charge in [-0.05, 0) is 36.8 Å². The molecule has 6 nitrogen and oxygen atoms in total. The summed E-state index contributed by atoms with van der Waals surface area (Å²) in [5, 5.41) is 1.53. The van der Waals surface area contributed by atoms with Crippen LogP contribution in [0, 0.1) is 6.92 Å². The maximum Gasteiger partial charge on any atom is 0.246 e. The van der Waals surface area contributed by atoms with Crippen LogP contribution in [0.2, 0.25) is 0 Å². The number of aromatic nitrogens is 4. The van der Waals surface area contributed by atoms with E-state index in [4.69, 9.17) is 4.42 Å². The van der Waals surface area contributed by atoms with E-state index in [0.29, 0.717) is 28.4 Å². The molecule has 0 aliphatic carbocycles. The van der Waals surface area contributed by atoms with Crippen LogP contribution in [0.4, 0.5) is 0 Å². The van der Waals surface area contributed by atoms with Crippen LogP contribution >= 0.6 is 0 Å². The Bertz CT molecular complexity index is 1370. The Morgan fingerprint density at radius 2 is 2.00 bits per heavy atom. The second-order valence-electron chi connectivity index (χ2n) is 6.31. The summed E-state index contributed by atoms with van der Waals surface area (Å²) in [5.41, 5.74) is 3.60. The van der Waals surface area contributed by atoms with Crippen molar-refractivity contribution in [3.8, 4) is 22.7 Å². The number of H-pyrrole nitrogens is 1. The quantitative estimate of drug-likeness (QED) is 0.516. The molecule has 4 aromatic heterocycles. The monoisotopic (exact) mass is 354 g/mol. The number of oxazole rings is 1. The summed E-state index contributed by atoms with van der Waals surface area (Å²) in [5.74, 6) is 1.11. The highest BCUT2D eigenvalue weighted by molar-refractivity contribution is 5.92. The molecule has 0 atom stereocenters. The van der Waals surface area contributed by atoms with Gasteiger partial charge in [0.25, 0.3) is 0 Å². The molecule has 27 heavy (non-hydrogen) atoms. The van der Waals surface area contributed by atoms with Crippen LogP contribution in [-0.2, 0) is 0 Å². The summed E-state index contributed by atoms with van der Waals surface area (Å²) in [7, 11) is 0. The second-order valence-corrected chi connectivity index (χ2v) is 6.31. The molecule has 0 fully saturated rings. The smallest absolute Gasteiger partial charge is 0.246 e. The van der Waals surface area contributed by atoms with Gasteiger partial charge in [0, 0.05) is 29.4 Å². The number of fused-ring (bicyclic) bond motifs is 2. The zero-order chi connectivity index (χ0) is 18.4. The van der Waals surface area contributed by atoms with E-state index in [1.54, 1.807) is 18.6 Å². The number of rotatable bonds is 2. The number of nitrogens with zero attached hydrogens (tertiary/aromatic N) is 3. The lowest BCUT2D eigenvalue weighted by molar-refractivity contribution is 0.541. The molecule has 5 rings (SSSR count). The molecule has 0 spiro atoms. The molecule has 6 heteroatoms. The third-order valence-corrected chi connectivity index (χ3v) is 4.48. The van der Waals surface area contributed by atoms with Gasteiger partial charge in [0.15, 0.2) is 5.43 Å². The van der Waals surface area contributed by atoms with E-state index < -0.39 is 0 Å². The van der Waals surface area contributed by atoms with Crippen LogP contribution in [0.3, 0.4) is 0 Å². The van der Waals surface area contributed by atoms with Crippen molar-refractivity contribution in [2.45, 2.75) is 6.92 Å². The van der Waals surface area contributed by atoms with Gasteiger partial charge in [-0.1, -0.05) is 12.1 Å². The maximum atomic E-state index is 12.3. The molecule has 0 saturated carbocycles. The van der Waals surface area contributed by atoms with Crippen molar-refractivity contribution in [2.24, 2.45) is 0 Å². The minimum atomic E-state index is -0.0879. The molecule has 4 heterocycles. The van der Waals surface area contributed by atoms with E-state index in [0.717, 1.165) is 22.0 Å². The molecule has 5 aromatic rings. The summed E-state index contributed by atoms with van der Waals surface area (Å²) in [6.07, 6.45) is 5.01. The predicted octanol–water partition coefficient (Wildman–Crippen LogP) is 4.10. The standard InChI is InChI=1S/C21H14N4O2/c1-12-11-24-21(27-12)19-15(10-16-18(26)6-8-23-20(16)25-19)13-4-5-17-14(9-13)3-2-7-22-17/h2-11H,1H3,(H,23,25,26). The van der Waals surface area contributed by atoms with Crippen molar-refractivity contribution >= 4 is 21.9 Å². The molecule has 0 amide bonds. The van der Waals surface area contributed by atoms with Crippen LogP contribution < -0.4 is 5.43 Å². The lowest BCUT2D eigenvalue weighted by atomic mass is 10.00. The Kier molecular flexibility index (Phi) is 3.36. The van der Waals surface area contributed by atoms with Gasteiger partial charge in [-0.3, -0.25) is 9.78 Å². The summed E-state index contributed by atoms with van der Waals surface area (Å²) in [6.45, 7) is 1.83. The van der Waals surface area contributed by atoms with Crippen LogP contribution in [0.15, 0.2) is 70.3 Å². The van der Waals surface area contributed by atoms with Gasteiger partial charge in [0.05, 0.1) is 17.1 Å². The zero-order valence-corrected chi connectivity index (χ0v) is 14.4. The van der Waals surface area contributed by atoms with Crippen molar-refractivity contribution in [2.75, 3.05) is 0 Å². The highest BCUT2D eigenvalue weighted by atomic mass is 16.4. The first-order chi connectivity index (χ1) is 13.2. The number of nitrogens with one attached hydrogen (secondary N) is 1. The minimum absolute atomic E-state index is 0.0879. The lowest BCUT2D eigenvalue weighted by Crippen LogP contribution is -2.03. The number of aryl methyl sites for hydroxylation is 1. The van der Waals surface area contributed by atoms with E-state index in [9.17, 15) is 4.79 Å². The molecule has 1 aromatic carbocycles. The Morgan fingerprint density at radius 3 is 2.85 bits per heavy atom. The molecular weight excluding hydrogens is 340 g/mol. The van der Waals surface area contributed by atoms with Gasteiger partial charge >= 0.3 is 0 Å². The van der Waals surface area contributed by atoms with Gasteiger partial charge in [-0.25, -0.2) is 9.97 Å². The van der Waals surface area contributed by atoms with E-state index in [-0.39, 0.29) is 5.43 Å². The highest BCUT2D eigenvalue weighted by Crippen LogP contribution is 2.33. The molecule has 0 unspecified atom stereocenters. The minimum Gasteiger partial charge on any atom is -0.440 e. The van der Waals surface area contributed by atoms with Gasteiger partial charge in [-0.2, -0.15) is 0 Å². The Balaban J connectivity index is 1.85. The van der Waals surface area contributed by atoms with Crippen LogP contribution in [0.1, 0.15) is 5.76 Å². The number of hydrogen-bond acceptors (Lipinski definition) is 5. The first-order valence-corrected chi connectivity index (χ1v) is 8.49.